The van der Waals surface area contributed by atoms with Crippen molar-refractivity contribution >= 4 is 23.3 Å². The molecule has 1 aliphatic rings. The second-order valence-electron chi connectivity index (χ2n) is 10.5. The van der Waals surface area contributed by atoms with Crippen LogP contribution in [0, 0.1) is 11.8 Å². The first-order valence-corrected chi connectivity index (χ1v) is 13.7. The highest BCUT2D eigenvalue weighted by molar-refractivity contribution is 7.13. The van der Waals surface area contributed by atoms with E-state index < -0.39 is 0 Å². The van der Waals surface area contributed by atoms with Gasteiger partial charge in [-0.15, -0.1) is 11.3 Å². The van der Waals surface area contributed by atoms with Crippen molar-refractivity contribution < 1.29 is 9.53 Å². The zero-order valence-corrected chi connectivity index (χ0v) is 22.4. The van der Waals surface area contributed by atoms with Gasteiger partial charge in [-0.25, -0.2) is 4.98 Å². The summed E-state index contributed by atoms with van der Waals surface area (Å²) in [6.45, 7) is 12.8. The summed E-state index contributed by atoms with van der Waals surface area (Å²) in [5, 5.41) is 10.7. The lowest BCUT2D eigenvalue weighted by Crippen LogP contribution is -2.30. The number of rotatable bonds is 11. The van der Waals surface area contributed by atoms with Crippen LogP contribution in [0.3, 0.4) is 0 Å². The van der Waals surface area contributed by atoms with Gasteiger partial charge < -0.3 is 10.1 Å². The lowest BCUT2D eigenvalue weighted by Gasteiger charge is -2.22. The predicted molar refractivity (Wildman–Crippen MR) is 141 cm³/mol. The van der Waals surface area contributed by atoms with E-state index in [1.807, 2.05) is 18.5 Å². The average molecular weight is 487 g/mol. The van der Waals surface area contributed by atoms with Gasteiger partial charge in [-0.2, -0.15) is 5.10 Å². The Morgan fingerprint density at radius 3 is 2.79 bits per heavy atom. The van der Waals surface area contributed by atoms with E-state index in [1.165, 1.54) is 32.1 Å². The fourth-order valence-electron chi connectivity index (χ4n) is 4.33. The number of hydrogen-bond acceptors (Lipinski definition) is 5. The van der Waals surface area contributed by atoms with E-state index in [4.69, 9.17) is 14.8 Å². The first kappa shape index (κ1) is 26.6. The summed E-state index contributed by atoms with van der Waals surface area (Å²) in [5.41, 5.74) is 2.84. The van der Waals surface area contributed by atoms with E-state index in [1.54, 1.807) is 11.3 Å². The van der Waals surface area contributed by atoms with Crippen LogP contribution >= 0.6 is 11.3 Å². The minimum absolute atomic E-state index is 0.0166. The number of carbonyl (C=O) groups is 1. The van der Waals surface area contributed by atoms with Gasteiger partial charge in [0.1, 0.15) is 5.01 Å². The summed E-state index contributed by atoms with van der Waals surface area (Å²) < 4.78 is 7.50. The molecule has 6 nitrogen and oxygen atoms in total. The lowest BCUT2D eigenvalue weighted by atomic mass is 9.89. The number of ether oxygens (including phenoxy) is 1. The predicted octanol–water partition coefficient (Wildman–Crippen LogP) is 6.08. The lowest BCUT2D eigenvalue weighted by molar-refractivity contribution is -0.120. The van der Waals surface area contributed by atoms with Gasteiger partial charge in [-0.3, -0.25) is 9.48 Å². The molecule has 188 valence electrons. The van der Waals surface area contributed by atoms with Gasteiger partial charge in [0.05, 0.1) is 35.1 Å². The van der Waals surface area contributed by atoms with Gasteiger partial charge in [-0.1, -0.05) is 32.3 Å². The number of amides is 1. The largest absolute Gasteiger partial charge is 0.382 e. The Kier molecular flexibility index (Phi) is 9.89. The summed E-state index contributed by atoms with van der Waals surface area (Å²) >= 11 is 1.59. The van der Waals surface area contributed by atoms with Gasteiger partial charge in [0.2, 0.25) is 5.91 Å². The fourth-order valence-corrected chi connectivity index (χ4v) is 5.17. The highest BCUT2D eigenvalue weighted by Crippen LogP contribution is 2.32. The molecule has 3 rings (SSSR count). The molecule has 34 heavy (non-hydrogen) atoms. The number of aromatic nitrogens is 3. The van der Waals surface area contributed by atoms with Crippen LogP contribution < -0.4 is 5.32 Å². The van der Waals surface area contributed by atoms with Crippen molar-refractivity contribution in [2.45, 2.75) is 85.1 Å². The van der Waals surface area contributed by atoms with Gasteiger partial charge in [-0.05, 0) is 64.9 Å². The molecule has 2 aromatic rings. The van der Waals surface area contributed by atoms with E-state index in [0.717, 1.165) is 41.6 Å². The Bertz CT molecular complexity index is 935. The van der Waals surface area contributed by atoms with Crippen LogP contribution in [-0.2, 0) is 21.5 Å². The maximum Gasteiger partial charge on any atom is 0.226 e. The topological polar surface area (TPSA) is 69.0 Å². The molecule has 1 N–H and O–H groups in total. The molecule has 0 bridgehead atoms. The van der Waals surface area contributed by atoms with Crippen molar-refractivity contribution in [3.63, 3.8) is 0 Å². The number of hydrogen-bond donors (Lipinski definition) is 1. The maximum absolute atomic E-state index is 12.5. The Balaban J connectivity index is 1.67. The molecule has 0 radical (unpaired) electrons. The average Bonchev–Trinajstić information content (AvgIpc) is 3.44. The molecule has 0 saturated heterocycles. The number of nitrogens with zero attached hydrogens (tertiary/aromatic N) is 3. The highest BCUT2D eigenvalue weighted by atomic mass is 32.1. The van der Waals surface area contributed by atoms with Gasteiger partial charge >= 0.3 is 0 Å². The summed E-state index contributed by atoms with van der Waals surface area (Å²) in [5.74, 6) is 1.06. The normalized spacial score (nSPS) is 16.3. The molecule has 1 unspecified atom stereocenters. The Morgan fingerprint density at radius 2 is 2.09 bits per heavy atom. The van der Waals surface area contributed by atoms with E-state index in [0.29, 0.717) is 24.8 Å². The molecule has 7 heteroatoms. The zero-order chi connectivity index (χ0) is 24.6. The Morgan fingerprint density at radius 1 is 1.32 bits per heavy atom. The molecule has 2 heterocycles. The Labute approximate surface area is 209 Å². The number of carbonyl (C=O) groups excluding carboxylic acids is 1. The van der Waals surface area contributed by atoms with Crippen LogP contribution in [-0.4, -0.2) is 40.4 Å². The van der Waals surface area contributed by atoms with Crippen molar-refractivity contribution in [2.75, 3.05) is 19.8 Å². The van der Waals surface area contributed by atoms with Crippen molar-refractivity contribution in [1.82, 2.24) is 20.1 Å². The molecule has 1 fully saturated rings. The van der Waals surface area contributed by atoms with E-state index >= 15 is 0 Å². The molecular formula is C27H42N4O2S. The van der Waals surface area contributed by atoms with Crippen molar-refractivity contribution in [1.29, 1.82) is 0 Å². The van der Waals surface area contributed by atoms with Gasteiger partial charge in [0.15, 0.2) is 0 Å². The monoisotopic (exact) mass is 486 g/mol. The molecule has 1 atom stereocenters. The standard InChI is InChI=1S/C27H42N4O2S/c1-6-33-15-14-20(2)17-28-25(32)16-22-19-34-26(30-22)23-18-29-31(27(3,4)5)24(23)13-12-21-10-8-7-9-11-21/h12-13,18-21H,6-11,14-17H2,1-5H3,(H,28,32)/b13-12+. The molecule has 0 aliphatic heterocycles. The maximum atomic E-state index is 12.5. The summed E-state index contributed by atoms with van der Waals surface area (Å²) in [7, 11) is 0. The molecule has 1 amide bonds. The second-order valence-corrected chi connectivity index (χ2v) is 11.4. The Hall–Kier alpha value is -1.99. The molecule has 1 saturated carbocycles. The fraction of sp³-hybridized carbons (Fsp3) is 0.667. The molecule has 0 spiro atoms. The number of nitrogens with one attached hydrogen (secondary N) is 1. The molecular weight excluding hydrogens is 444 g/mol. The van der Waals surface area contributed by atoms with Gasteiger partial charge in [0.25, 0.3) is 0 Å². The van der Waals surface area contributed by atoms with Crippen LogP contribution in [0.4, 0.5) is 0 Å². The zero-order valence-electron chi connectivity index (χ0n) is 21.6. The second kappa shape index (κ2) is 12.6. The minimum atomic E-state index is -0.122. The van der Waals surface area contributed by atoms with Crippen LogP contribution in [0.15, 0.2) is 17.7 Å². The van der Waals surface area contributed by atoms with E-state index in [-0.39, 0.29) is 11.4 Å². The van der Waals surface area contributed by atoms with Crippen molar-refractivity contribution in [2.24, 2.45) is 11.8 Å². The van der Waals surface area contributed by atoms with E-state index in [2.05, 4.69) is 49.8 Å². The third-order valence-electron chi connectivity index (χ3n) is 6.35. The molecule has 2 aromatic heterocycles. The summed E-state index contributed by atoms with van der Waals surface area (Å²) in [4.78, 5) is 17.3. The van der Waals surface area contributed by atoms with Crippen LogP contribution in [0.2, 0.25) is 0 Å². The third-order valence-corrected chi connectivity index (χ3v) is 7.27. The van der Waals surface area contributed by atoms with Crippen LogP contribution in [0.5, 0.6) is 0 Å². The smallest absolute Gasteiger partial charge is 0.226 e. The van der Waals surface area contributed by atoms with Crippen molar-refractivity contribution in [3.05, 3.63) is 29.0 Å². The number of allylic oxidation sites excluding steroid dienone is 1. The van der Waals surface area contributed by atoms with Crippen LogP contribution in [0.1, 0.15) is 84.5 Å². The number of thiazole rings is 1. The highest BCUT2D eigenvalue weighted by Gasteiger charge is 2.22. The first-order valence-electron chi connectivity index (χ1n) is 12.8. The SMILES string of the molecule is CCOCCC(C)CNC(=O)Cc1csc(-c2cnn(C(C)(C)C)c2/C=C/C2CCCCC2)n1. The minimum Gasteiger partial charge on any atom is -0.382 e. The third kappa shape index (κ3) is 7.77. The van der Waals surface area contributed by atoms with Gasteiger partial charge in [0, 0.05) is 25.1 Å². The quantitative estimate of drug-likeness (QED) is 0.391. The first-order chi connectivity index (χ1) is 16.3. The molecule has 1 aliphatic carbocycles. The molecule has 0 aromatic carbocycles. The van der Waals surface area contributed by atoms with Crippen LogP contribution in [0.25, 0.3) is 16.6 Å². The summed E-state index contributed by atoms with van der Waals surface area (Å²) in [6, 6.07) is 0. The van der Waals surface area contributed by atoms with Crippen molar-refractivity contribution in [3.8, 4) is 10.6 Å². The summed E-state index contributed by atoms with van der Waals surface area (Å²) in [6.07, 6.45) is 14.3. The van der Waals surface area contributed by atoms with E-state index in [9.17, 15) is 4.79 Å².